The Morgan fingerprint density at radius 1 is 1.59 bits per heavy atom. The lowest BCUT2D eigenvalue weighted by molar-refractivity contribution is -0.0464. The summed E-state index contributed by atoms with van der Waals surface area (Å²) in [5.74, 6) is 0.775. The molecule has 0 radical (unpaired) electrons. The molecule has 2 heterocycles. The molecule has 17 heavy (non-hydrogen) atoms. The smallest absolute Gasteiger partial charge is 0.138 e. The molecule has 0 spiro atoms. The summed E-state index contributed by atoms with van der Waals surface area (Å²) >= 11 is 3.37. The molecule has 1 saturated heterocycles. The Balaban J connectivity index is 1.81. The van der Waals surface area contributed by atoms with Crippen molar-refractivity contribution in [1.82, 2.24) is 9.88 Å². The summed E-state index contributed by atoms with van der Waals surface area (Å²) in [5, 5.41) is 0. The van der Waals surface area contributed by atoms with Crippen LogP contribution in [0.15, 0.2) is 22.9 Å². The third-order valence-corrected chi connectivity index (χ3v) is 3.22. The van der Waals surface area contributed by atoms with Crippen LogP contribution >= 0.6 is 15.9 Å². The standard InChI is InChI=1S/C12H17BrN2O2/c1-2-15-3-4-16-12(8-15)9-17-11-5-10(13)6-14-7-11/h5-7,12H,2-4,8-9H2,1H3. The summed E-state index contributed by atoms with van der Waals surface area (Å²) in [6.07, 6.45) is 3.61. The molecule has 2 rings (SSSR count). The van der Waals surface area contributed by atoms with E-state index in [0.29, 0.717) is 6.61 Å². The first-order valence-corrected chi connectivity index (χ1v) is 6.64. The zero-order valence-electron chi connectivity index (χ0n) is 9.93. The maximum Gasteiger partial charge on any atom is 0.138 e. The molecule has 0 bridgehead atoms. The Morgan fingerprint density at radius 3 is 3.24 bits per heavy atom. The molecule has 0 saturated carbocycles. The van der Waals surface area contributed by atoms with Crippen LogP contribution in [-0.2, 0) is 4.74 Å². The molecular formula is C12H17BrN2O2. The van der Waals surface area contributed by atoms with Gasteiger partial charge in [-0.25, -0.2) is 0 Å². The molecule has 1 fully saturated rings. The Kier molecular flexibility index (Phi) is 4.76. The SMILES string of the molecule is CCN1CCOC(COc2cncc(Br)c2)C1. The molecular weight excluding hydrogens is 284 g/mol. The minimum absolute atomic E-state index is 0.155. The number of nitrogens with zero attached hydrogens (tertiary/aromatic N) is 2. The summed E-state index contributed by atoms with van der Waals surface area (Å²) in [5.41, 5.74) is 0. The topological polar surface area (TPSA) is 34.6 Å². The lowest BCUT2D eigenvalue weighted by Crippen LogP contribution is -2.44. The molecule has 0 aromatic carbocycles. The number of pyridine rings is 1. The highest BCUT2D eigenvalue weighted by Crippen LogP contribution is 2.16. The second-order valence-corrected chi connectivity index (χ2v) is 4.95. The van der Waals surface area contributed by atoms with E-state index in [4.69, 9.17) is 9.47 Å². The van der Waals surface area contributed by atoms with Gasteiger partial charge < -0.3 is 9.47 Å². The van der Waals surface area contributed by atoms with Crippen LogP contribution in [0.2, 0.25) is 0 Å². The van der Waals surface area contributed by atoms with Crippen LogP contribution in [0.5, 0.6) is 5.75 Å². The monoisotopic (exact) mass is 300 g/mol. The molecule has 0 amide bonds. The Morgan fingerprint density at radius 2 is 2.47 bits per heavy atom. The van der Waals surface area contributed by atoms with Crippen molar-refractivity contribution in [2.75, 3.05) is 32.8 Å². The third-order valence-electron chi connectivity index (χ3n) is 2.79. The zero-order chi connectivity index (χ0) is 12.1. The van der Waals surface area contributed by atoms with Crippen LogP contribution in [0.4, 0.5) is 0 Å². The first-order valence-electron chi connectivity index (χ1n) is 5.85. The van der Waals surface area contributed by atoms with Gasteiger partial charge in [-0.15, -0.1) is 0 Å². The molecule has 0 aliphatic carbocycles. The van der Waals surface area contributed by atoms with E-state index in [-0.39, 0.29) is 6.10 Å². The second-order valence-electron chi connectivity index (χ2n) is 4.04. The van der Waals surface area contributed by atoms with Crippen molar-refractivity contribution >= 4 is 15.9 Å². The second kappa shape index (κ2) is 6.33. The van der Waals surface area contributed by atoms with Gasteiger partial charge in [-0.05, 0) is 28.5 Å². The molecule has 4 nitrogen and oxygen atoms in total. The first kappa shape index (κ1) is 12.8. The first-order chi connectivity index (χ1) is 8.28. The van der Waals surface area contributed by atoms with Gasteiger partial charge in [0.1, 0.15) is 18.5 Å². The number of hydrogen-bond acceptors (Lipinski definition) is 4. The molecule has 94 valence electrons. The van der Waals surface area contributed by atoms with Crippen LogP contribution in [0, 0.1) is 0 Å². The highest BCUT2D eigenvalue weighted by molar-refractivity contribution is 9.10. The highest BCUT2D eigenvalue weighted by atomic mass is 79.9. The van der Waals surface area contributed by atoms with Crippen molar-refractivity contribution in [3.8, 4) is 5.75 Å². The predicted octanol–water partition coefficient (Wildman–Crippen LogP) is 1.94. The fourth-order valence-corrected chi connectivity index (χ4v) is 2.17. The summed E-state index contributed by atoms with van der Waals surface area (Å²) in [6, 6.07) is 1.91. The number of rotatable bonds is 4. The fraction of sp³-hybridized carbons (Fsp3) is 0.583. The van der Waals surface area contributed by atoms with Crippen LogP contribution in [0.3, 0.4) is 0 Å². The van der Waals surface area contributed by atoms with Gasteiger partial charge in [0.15, 0.2) is 0 Å². The predicted molar refractivity (Wildman–Crippen MR) is 69.3 cm³/mol. The maximum atomic E-state index is 5.67. The quantitative estimate of drug-likeness (QED) is 0.851. The molecule has 1 aromatic rings. The molecule has 0 N–H and O–H groups in total. The normalized spacial score (nSPS) is 21.4. The van der Waals surface area contributed by atoms with Crippen molar-refractivity contribution in [1.29, 1.82) is 0 Å². The van der Waals surface area contributed by atoms with Gasteiger partial charge in [-0.2, -0.15) is 0 Å². The third kappa shape index (κ3) is 3.94. The van der Waals surface area contributed by atoms with Gasteiger partial charge in [0.25, 0.3) is 0 Å². The summed E-state index contributed by atoms with van der Waals surface area (Å²) in [6.45, 7) is 6.57. The number of likely N-dealkylation sites (N-methyl/N-ethyl adjacent to an activating group) is 1. The van der Waals surface area contributed by atoms with Crippen LogP contribution < -0.4 is 4.74 Å². The minimum atomic E-state index is 0.155. The Bertz CT molecular complexity index is 362. The summed E-state index contributed by atoms with van der Waals surface area (Å²) in [7, 11) is 0. The molecule has 1 aliphatic heterocycles. The molecule has 1 aliphatic rings. The van der Waals surface area contributed by atoms with Crippen molar-refractivity contribution in [3.63, 3.8) is 0 Å². The molecule has 5 heteroatoms. The van der Waals surface area contributed by atoms with E-state index in [9.17, 15) is 0 Å². The van der Waals surface area contributed by atoms with Gasteiger partial charge in [-0.1, -0.05) is 6.92 Å². The van der Waals surface area contributed by atoms with Crippen molar-refractivity contribution in [3.05, 3.63) is 22.9 Å². The molecule has 1 unspecified atom stereocenters. The van der Waals surface area contributed by atoms with Crippen molar-refractivity contribution in [2.45, 2.75) is 13.0 Å². The van der Waals surface area contributed by atoms with E-state index in [1.54, 1.807) is 12.4 Å². The number of ether oxygens (including phenoxy) is 2. The van der Waals surface area contributed by atoms with Crippen molar-refractivity contribution < 1.29 is 9.47 Å². The largest absolute Gasteiger partial charge is 0.489 e. The van der Waals surface area contributed by atoms with Crippen molar-refractivity contribution in [2.24, 2.45) is 0 Å². The Hall–Kier alpha value is -0.650. The summed E-state index contributed by atoms with van der Waals surface area (Å²) < 4.78 is 12.3. The number of hydrogen-bond donors (Lipinski definition) is 0. The average Bonchev–Trinajstić information content (AvgIpc) is 2.37. The van der Waals surface area contributed by atoms with E-state index < -0.39 is 0 Å². The van der Waals surface area contributed by atoms with Gasteiger partial charge in [0.2, 0.25) is 0 Å². The van der Waals surface area contributed by atoms with Gasteiger partial charge in [0, 0.05) is 23.8 Å². The average molecular weight is 301 g/mol. The van der Waals surface area contributed by atoms with E-state index in [0.717, 1.165) is 36.5 Å². The number of halogens is 1. The summed E-state index contributed by atoms with van der Waals surface area (Å²) in [4.78, 5) is 6.43. The number of aromatic nitrogens is 1. The molecule has 1 atom stereocenters. The van der Waals surface area contributed by atoms with Crippen LogP contribution in [-0.4, -0.2) is 48.8 Å². The minimum Gasteiger partial charge on any atom is -0.489 e. The van der Waals surface area contributed by atoms with Gasteiger partial charge in [0.05, 0.1) is 12.8 Å². The van der Waals surface area contributed by atoms with Gasteiger partial charge in [-0.3, -0.25) is 9.88 Å². The highest BCUT2D eigenvalue weighted by Gasteiger charge is 2.19. The lowest BCUT2D eigenvalue weighted by atomic mass is 10.3. The van der Waals surface area contributed by atoms with Crippen LogP contribution in [0.25, 0.3) is 0 Å². The zero-order valence-corrected chi connectivity index (χ0v) is 11.5. The lowest BCUT2D eigenvalue weighted by Gasteiger charge is -2.31. The fourth-order valence-electron chi connectivity index (χ4n) is 1.83. The van der Waals surface area contributed by atoms with E-state index in [2.05, 4.69) is 32.7 Å². The number of morpholine rings is 1. The Labute approximate surface area is 110 Å². The van der Waals surface area contributed by atoms with E-state index in [1.165, 1.54) is 0 Å². The van der Waals surface area contributed by atoms with E-state index >= 15 is 0 Å². The van der Waals surface area contributed by atoms with Gasteiger partial charge >= 0.3 is 0 Å². The maximum absolute atomic E-state index is 5.67. The van der Waals surface area contributed by atoms with Crippen LogP contribution in [0.1, 0.15) is 6.92 Å². The van der Waals surface area contributed by atoms with E-state index in [1.807, 2.05) is 6.07 Å². The molecule has 1 aromatic heterocycles.